The monoisotopic (exact) mass is 406 g/mol. The van der Waals surface area contributed by atoms with Crippen LogP contribution in [-0.4, -0.2) is 41.5 Å². The molecule has 0 bridgehead atoms. The lowest BCUT2D eigenvalue weighted by Gasteiger charge is -2.09. The molecular formula is C18H19ClN4O3S. The highest BCUT2D eigenvalue weighted by molar-refractivity contribution is 7.99. The summed E-state index contributed by atoms with van der Waals surface area (Å²) in [6.45, 7) is 0.465. The Morgan fingerprint density at radius 2 is 1.81 bits per heavy atom. The van der Waals surface area contributed by atoms with E-state index in [1.165, 1.54) is 16.4 Å². The fraction of sp³-hybridized carbons (Fsp3) is 0.222. The molecule has 0 unspecified atom stereocenters. The summed E-state index contributed by atoms with van der Waals surface area (Å²) >= 11 is 7.51. The van der Waals surface area contributed by atoms with Crippen LogP contribution in [0.3, 0.4) is 0 Å². The van der Waals surface area contributed by atoms with Crippen molar-refractivity contribution in [3.05, 3.63) is 47.5 Å². The normalized spacial score (nSPS) is 10.6. The highest BCUT2D eigenvalue weighted by Gasteiger charge is 2.14. The van der Waals surface area contributed by atoms with E-state index in [0.717, 1.165) is 5.56 Å². The van der Waals surface area contributed by atoms with E-state index in [1.54, 1.807) is 32.4 Å². The number of thioether (sulfide) groups is 1. The topological polar surface area (TPSA) is 84.4 Å². The molecule has 0 atom stereocenters. The lowest BCUT2D eigenvalue weighted by atomic mass is 10.2. The molecule has 0 aliphatic carbocycles. The molecule has 0 saturated heterocycles. The number of nitrogens with zero attached hydrogens (tertiary/aromatic N) is 3. The third-order valence-electron chi connectivity index (χ3n) is 3.71. The van der Waals surface area contributed by atoms with Gasteiger partial charge in [-0.25, -0.2) is 4.68 Å². The van der Waals surface area contributed by atoms with Crippen LogP contribution in [0.1, 0.15) is 0 Å². The van der Waals surface area contributed by atoms with E-state index < -0.39 is 0 Å². The average molecular weight is 407 g/mol. The summed E-state index contributed by atoms with van der Waals surface area (Å²) in [7, 11) is 3.16. The highest BCUT2D eigenvalue weighted by atomic mass is 35.5. The summed E-state index contributed by atoms with van der Waals surface area (Å²) in [6.07, 6.45) is 0. The van der Waals surface area contributed by atoms with Gasteiger partial charge < -0.3 is 20.1 Å². The molecule has 7 nitrogen and oxygen atoms in total. The van der Waals surface area contributed by atoms with Crippen LogP contribution < -0.4 is 20.1 Å². The van der Waals surface area contributed by atoms with E-state index in [4.69, 9.17) is 31.7 Å². The van der Waals surface area contributed by atoms with Gasteiger partial charge in [0.05, 0.1) is 25.8 Å². The first-order chi connectivity index (χ1) is 13.1. The standard InChI is InChI=1S/C18H19ClN4O3S/c1-24-15-8-7-12(11-16(15)25-2)17-21-22-18(23(17)20)27-10-9-26-14-6-4-3-5-13(14)19/h3-8,11H,9-10,20H2,1-2H3. The predicted octanol–water partition coefficient (Wildman–Crippen LogP) is 3.50. The van der Waals surface area contributed by atoms with Gasteiger partial charge in [-0.3, -0.25) is 0 Å². The maximum Gasteiger partial charge on any atom is 0.210 e. The van der Waals surface area contributed by atoms with E-state index in [9.17, 15) is 0 Å². The first kappa shape index (κ1) is 19.2. The Morgan fingerprint density at radius 3 is 2.56 bits per heavy atom. The van der Waals surface area contributed by atoms with Crippen LogP contribution in [0.2, 0.25) is 5.02 Å². The summed E-state index contributed by atoms with van der Waals surface area (Å²) in [5.41, 5.74) is 0.779. The SMILES string of the molecule is COc1ccc(-c2nnc(SCCOc3ccccc3Cl)n2N)cc1OC. The van der Waals surface area contributed by atoms with E-state index >= 15 is 0 Å². The van der Waals surface area contributed by atoms with Crippen LogP contribution >= 0.6 is 23.4 Å². The molecule has 3 rings (SSSR count). The molecule has 2 aromatic carbocycles. The smallest absolute Gasteiger partial charge is 0.210 e. The molecule has 0 aliphatic rings. The number of para-hydroxylation sites is 1. The lowest BCUT2D eigenvalue weighted by molar-refractivity contribution is 0.344. The second-order valence-corrected chi connectivity index (χ2v) is 6.84. The van der Waals surface area contributed by atoms with Crippen molar-refractivity contribution in [2.75, 3.05) is 32.4 Å². The molecule has 3 aromatic rings. The van der Waals surface area contributed by atoms with Crippen molar-refractivity contribution in [2.24, 2.45) is 0 Å². The van der Waals surface area contributed by atoms with Gasteiger partial charge in [0.25, 0.3) is 0 Å². The summed E-state index contributed by atoms with van der Waals surface area (Å²) in [4.78, 5) is 0. The van der Waals surface area contributed by atoms with Gasteiger partial charge in [-0.2, -0.15) is 0 Å². The number of halogens is 1. The predicted molar refractivity (Wildman–Crippen MR) is 106 cm³/mol. The number of benzene rings is 2. The van der Waals surface area contributed by atoms with Gasteiger partial charge in [0.15, 0.2) is 17.3 Å². The highest BCUT2D eigenvalue weighted by Crippen LogP contribution is 2.32. The van der Waals surface area contributed by atoms with Crippen LogP contribution in [0.5, 0.6) is 17.2 Å². The minimum absolute atomic E-state index is 0.465. The molecule has 0 saturated carbocycles. The molecule has 0 radical (unpaired) electrons. The van der Waals surface area contributed by atoms with Crippen molar-refractivity contribution in [2.45, 2.75) is 5.16 Å². The van der Waals surface area contributed by atoms with Gasteiger partial charge in [0.1, 0.15) is 5.75 Å². The Labute approximate surface area is 166 Å². The van der Waals surface area contributed by atoms with Gasteiger partial charge in [-0.1, -0.05) is 35.5 Å². The first-order valence-corrected chi connectivity index (χ1v) is 9.43. The van der Waals surface area contributed by atoms with Crippen molar-refractivity contribution >= 4 is 23.4 Å². The van der Waals surface area contributed by atoms with Crippen molar-refractivity contribution < 1.29 is 14.2 Å². The van der Waals surface area contributed by atoms with Crippen molar-refractivity contribution in [1.29, 1.82) is 0 Å². The van der Waals surface area contributed by atoms with E-state index in [-0.39, 0.29) is 0 Å². The molecule has 0 aliphatic heterocycles. The Hall–Kier alpha value is -2.58. The maximum absolute atomic E-state index is 6.15. The minimum atomic E-state index is 0.465. The number of aromatic nitrogens is 3. The molecule has 27 heavy (non-hydrogen) atoms. The molecule has 1 heterocycles. The van der Waals surface area contributed by atoms with Crippen LogP contribution in [-0.2, 0) is 0 Å². The van der Waals surface area contributed by atoms with Crippen LogP contribution in [0, 0.1) is 0 Å². The number of nitrogens with two attached hydrogens (primary N) is 1. The molecule has 1 aromatic heterocycles. The maximum atomic E-state index is 6.15. The van der Waals surface area contributed by atoms with Crippen molar-refractivity contribution in [3.63, 3.8) is 0 Å². The second kappa shape index (κ2) is 8.88. The second-order valence-electron chi connectivity index (χ2n) is 5.37. The molecule has 0 fully saturated rings. The fourth-order valence-corrected chi connectivity index (χ4v) is 3.26. The zero-order valence-corrected chi connectivity index (χ0v) is 16.5. The third-order valence-corrected chi connectivity index (χ3v) is 4.93. The quantitative estimate of drug-likeness (QED) is 0.348. The molecule has 0 spiro atoms. The summed E-state index contributed by atoms with van der Waals surface area (Å²) < 4.78 is 17.7. The number of methoxy groups -OCH3 is 2. The number of ether oxygens (including phenoxy) is 3. The van der Waals surface area contributed by atoms with Crippen LogP contribution in [0.15, 0.2) is 47.6 Å². The van der Waals surface area contributed by atoms with E-state index in [1.807, 2.05) is 24.3 Å². The number of rotatable bonds is 8. The largest absolute Gasteiger partial charge is 0.493 e. The fourth-order valence-electron chi connectivity index (χ4n) is 2.39. The summed E-state index contributed by atoms with van der Waals surface area (Å²) in [5.74, 6) is 9.22. The van der Waals surface area contributed by atoms with Crippen molar-refractivity contribution in [1.82, 2.24) is 14.9 Å². The molecule has 9 heteroatoms. The van der Waals surface area contributed by atoms with Gasteiger partial charge in [-0.15, -0.1) is 10.2 Å². The molecule has 2 N–H and O–H groups in total. The Balaban J connectivity index is 1.64. The average Bonchev–Trinajstić information content (AvgIpc) is 3.06. The van der Waals surface area contributed by atoms with Gasteiger partial charge >= 0.3 is 0 Å². The Kier molecular flexibility index (Phi) is 6.31. The first-order valence-electron chi connectivity index (χ1n) is 8.07. The van der Waals surface area contributed by atoms with Gasteiger partial charge in [-0.05, 0) is 30.3 Å². The zero-order valence-electron chi connectivity index (χ0n) is 14.9. The zero-order chi connectivity index (χ0) is 19.2. The van der Waals surface area contributed by atoms with Crippen molar-refractivity contribution in [3.8, 4) is 28.6 Å². The lowest BCUT2D eigenvalue weighted by Crippen LogP contribution is -2.12. The number of nitrogen functional groups attached to an aromatic ring is 1. The molecular weight excluding hydrogens is 388 g/mol. The van der Waals surface area contributed by atoms with Gasteiger partial charge in [0, 0.05) is 11.3 Å². The number of hydrogen-bond donors (Lipinski definition) is 1. The summed E-state index contributed by atoms with van der Waals surface area (Å²) in [5, 5.41) is 9.50. The van der Waals surface area contributed by atoms with Gasteiger partial charge in [0.2, 0.25) is 5.16 Å². The third kappa shape index (κ3) is 4.40. The molecule has 142 valence electrons. The minimum Gasteiger partial charge on any atom is -0.493 e. The van der Waals surface area contributed by atoms with Crippen LogP contribution in [0.25, 0.3) is 11.4 Å². The van der Waals surface area contributed by atoms with Crippen LogP contribution in [0.4, 0.5) is 0 Å². The van der Waals surface area contributed by atoms with E-state index in [2.05, 4.69) is 10.2 Å². The van der Waals surface area contributed by atoms with E-state index in [0.29, 0.717) is 45.6 Å². The Bertz CT molecular complexity index is 919. The number of hydrogen-bond acceptors (Lipinski definition) is 7. The summed E-state index contributed by atoms with van der Waals surface area (Å²) in [6, 6.07) is 12.8. The molecule has 0 amide bonds. The Morgan fingerprint density at radius 1 is 1.04 bits per heavy atom.